The lowest BCUT2D eigenvalue weighted by Crippen LogP contribution is -2.59. The number of aliphatic hydroxyl groups is 4. The first-order chi connectivity index (χ1) is 16.5. The molecule has 35 heavy (non-hydrogen) atoms. The lowest BCUT2D eigenvalue weighted by atomic mass is 9.64. The Morgan fingerprint density at radius 3 is 2.60 bits per heavy atom. The molecule has 8 atom stereocenters. The van der Waals surface area contributed by atoms with Crippen LogP contribution in [0.1, 0.15) is 45.6 Å². The highest BCUT2D eigenvalue weighted by atomic mass is 32.2. The van der Waals surface area contributed by atoms with Gasteiger partial charge in [-0.3, -0.25) is 4.57 Å². The van der Waals surface area contributed by atoms with E-state index in [0.717, 1.165) is 30.2 Å². The first kappa shape index (κ1) is 26.4. The van der Waals surface area contributed by atoms with Crippen LogP contribution in [0.5, 0.6) is 0 Å². The van der Waals surface area contributed by atoms with Crippen molar-refractivity contribution in [3.05, 3.63) is 36.0 Å². The molecule has 1 aliphatic heterocycles. The molecule has 2 aromatic rings. The molecule has 1 aromatic carbocycles. The zero-order valence-electron chi connectivity index (χ0n) is 20.5. The summed E-state index contributed by atoms with van der Waals surface area (Å²) in [5.74, 6) is 0.0890. The van der Waals surface area contributed by atoms with Gasteiger partial charge in [0.15, 0.2) is 0 Å². The topological polar surface area (TPSA) is 135 Å². The fourth-order valence-electron chi connectivity index (χ4n) is 6.03. The van der Waals surface area contributed by atoms with E-state index in [2.05, 4.69) is 26.1 Å². The molecule has 2 fully saturated rings. The summed E-state index contributed by atoms with van der Waals surface area (Å²) in [4.78, 5) is 11.7. The second-order valence-electron chi connectivity index (χ2n) is 11.0. The Hall–Kier alpha value is -1.62. The van der Waals surface area contributed by atoms with Gasteiger partial charge < -0.3 is 30.8 Å². The zero-order valence-corrected chi connectivity index (χ0v) is 21.4. The van der Waals surface area contributed by atoms with Gasteiger partial charge in [0.25, 0.3) is 0 Å². The minimum atomic E-state index is -1.27. The lowest BCUT2D eigenvalue weighted by Gasteiger charge is -2.51. The van der Waals surface area contributed by atoms with Crippen LogP contribution in [0.15, 0.2) is 30.5 Å². The predicted molar refractivity (Wildman–Crippen MR) is 137 cm³/mol. The van der Waals surface area contributed by atoms with Crippen molar-refractivity contribution >= 4 is 28.8 Å². The Bertz CT molecular complexity index is 1040. The molecule has 2 unspecified atom stereocenters. The van der Waals surface area contributed by atoms with Crippen LogP contribution in [0.4, 0.5) is 4.79 Å². The van der Waals surface area contributed by atoms with E-state index in [-0.39, 0.29) is 35.3 Å². The molecule has 0 spiro atoms. The Balaban J connectivity index is 1.47. The van der Waals surface area contributed by atoms with Gasteiger partial charge in [0, 0.05) is 28.9 Å². The van der Waals surface area contributed by atoms with Crippen LogP contribution in [0, 0.1) is 11.3 Å². The summed E-state index contributed by atoms with van der Waals surface area (Å²) in [5, 5.41) is 54.6. The number of hydrogen-bond acceptors (Lipinski definition) is 7. The van der Waals surface area contributed by atoms with Gasteiger partial charge in [-0.1, -0.05) is 32.0 Å². The number of aromatic nitrogens is 1. The van der Waals surface area contributed by atoms with Crippen molar-refractivity contribution in [3.63, 3.8) is 0 Å². The molecule has 194 valence electrons. The van der Waals surface area contributed by atoms with Crippen molar-refractivity contribution < 1.29 is 30.3 Å². The van der Waals surface area contributed by atoms with Crippen LogP contribution < -0.4 is 5.32 Å². The monoisotopic (exact) mass is 506 g/mol. The van der Waals surface area contributed by atoms with E-state index >= 15 is 0 Å². The van der Waals surface area contributed by atoms with Crippen LogP contribution in [-0.2, 0) is 6.42 Å². The standard InChI is InChI=1S/C26H38N2O6S/c1-14(10-15-12-28(25(33)34)19-7-5-4-6-17(15)19)27-16-8-9-26(2,3)18(11-16)24-23(32)22(31)21(30)20(13-29)35-24/h4-7,12,14,16,18,20-24,27,29-32H,8-11,13H2,1-3H3,(H,33,34)/t14-,16?,18?,20-,21+,22+,23-,24+/m1/s1. The van der Waals surface area contributed by atoms with Gasteiger partial charge in [-0.25, -0.2) is 4.79 Å². The fourth-order valence-corrected chi connectivity index (χ4v) is 7.83. The molecule has 8 nitrogen and oxygen atoms in total. The Labute approximate surface area is 210 Å². The number of carbonyl (C=O) groups is 1. The largest absolute Gasteiger partial charge is 0.464 e. The summed E-state index contributed by atoms with van der Waals surface area (Å²) in [7, 11) is 0. The smallest absolute Gasteiger partial charge is 0.416 e. The number of thioether (sulfide) groups is 1. The molecule has 1 aliphatic carbocycles. The summed E-state index contributed by atoms with van der Waals surface area (Å²) in [6, 6.07) is 7.84. The number of para-hydroxylation sites is 1. The summed E-state index contributed by atoms with van der Waals surface area (Å²) >= 11 is 1.39. The Morgan fingerprint density at radius 2 is 1.91 bits per heavy atom. The maximum atomic E-state index is 11.7. The van der Waals surface area contributed by atoms with Crippen molar-refractivity contribution in [1.82, 2.24) is 9.88 Å². The third kappa shape index (κ3) is 5.26. The summed E-state index contributed by atoms with van der Waals surface area (Å²) < 4.78 is 1.27. The average molecular weight is 507 g/mol. The molecule has 1 saturated heterocycles. The highest BCUT2D eigenvalue weighted by molar-refractivity contribution is 8.00. The summed E-state index contributed by atoms with van der Waals surface area (Å²) in [5.41, 5.74) is 1.61. The van der Waals surface area contributed by atoms with E-state index in [1.54, 1.807) is 6.20 Å². The third-order valence-electron chi connectivity index (χ3n) is 8.05. The van der Waals surface area contributed by atoms with Gasteiger partial charge in [0.05, 0.1) is 29.6 Å². The summed E-state index contributed by atoms with van der Waals surface area (Å²) in [6.45, 7) is 6.24. The van der Waals surface area contributed by atoms with Crippen LogP contribution in [0.25, 0.3) is 10.9 Å². The van der Waals surface area contributed by atoms with Gasteiger partial charge >= 0.3 is 6.09 Å². The number of aliphatic hydroxyl groups excluding tert-OH is 4. The van der Waals surface area contributed by atoms with E-state index in [1.165, 1.54) is 16.3 Å². The van der Waals surface area contributed by atoms with E-state index in [0.29, 0.717) is 11.9 Å². The first-order valence-corrected chi connectivity index (χ1v) is 13.4. The highest BCUT2D eigenvalue weighted by Crippen LogP contribution is 2.49. The number of benzene rings is 1. The molecule has 1 aromatic heterocycles. The van der Waals surface area contributed by atoms with Gasteiger partial charge in [-0.2, -0.15) is 0 Å². The van der Waals surface area contributed by atoms with E-state index in [1.807, 2.05) is 24.3 Å². The SMILES string of the molecule is C[C@H](Cc1cn(C(=O)O)c2ccccc12)NC1CCC(C)(C)C([C@@H]2S[C@H](CO)[C@H](O)[C@H](O)[C@H]2O)C1. The van der Waals surface area contributed by atoms with Crippen molar-refractivity contribution in [1.29, 1.82) is 0 Å². The molecule has 2 heterocycles. The lowest BCUT2D eigenvalue weighted by molar-refractivity contribution is -0.0837. The van der Waals surface area contributed by atoms with E-state index in [4.69, 9.17) is 0 Å². The fraction of sp³-hybridized carbons (Fsp3) is 0.654. The van der Waals surface area contributed by atoms with Crippen molar-refractivity contribution in [2.45, 2.75) is 87.3 Å². The van der Waals surface area contributed by atoms with Crippen molar-refractivity contribution in [3.8, 4) is 0 Å². The normalized spacial score (nSPS) is 34.1. The molecule has 6 N–H and O–H groups in total. The Kier molecular flexibility index (Phi) is 7.85. The zero-order chi connectivity index (χ0) is 25.5. The second kappa shape index (κ2) is 10.4. The molecule has 0 radical (unpaired) electrons. The predicted octanol–water partition coefficient (Wildman–Crippen LogP) is 2.44. The Morgan fingerprint density at radius 1 is 1.20 bits per heavy atom. The third-order valence-corrected chi connectivity index (χ3v) is 9.75. The molecule has 2 aliphatic rings. The van der Waals surface area contributed by atoms with Gasteiger partial charge in [-0.05, 0) is 55.6 Å². The quantitative estimate of drug-likeness (QED) is 0.352. The molecular weight excluding hydrogens is 468 g/mol. The number of fused-ring (bicyclic) bond motifs is 1. The van der Waals surface area contributed by atoms with Gasteiger partial charge in [0.2, 0.25) is 0 Å². The molecule has 4 rings (SSSR count). The maximum Gasteiger partial charge on any atom is 0.416 e. The van der Waals surface area contributed by atoms with Crippen molar-refractivity contribution in [2.24, 2.45) is 11.3 Å². The number of carboxylic acid groups (broad SMARTS) is 1. The van der Waals surface area contributed by atoms with Gasteiger partial charge in [0.1, 0.15) is 6.10 Å². The number of rotatable bonds is 6. The van der Waals surface area contributed by atoms with Gasteiger partial charge in [-0.15, -0.1) is 11.8 Å². The number of hydrogen-bond donors (Lipinski definition) is 6. The second-order valence-corrected chi connectivity index (χ2v) is 12.4. The number of nitrogens with one attached hydrogen (secondary N) is 1. The minimum Gasteiger partial charge on any atom is -0.464 e. The van der Waals surface area contributed by atoms with E-state index in [9.17, 15) is 30.3 Å². The van der Waals surface area contributed by atoms with Crippen molar-refractivity contribution in [2.75, 3.05) is 6.61 Å². The van der Waals surface area contributed by atoms with Crippen LogP contribution in [-0.4, -0.2) is 83.7 Å². The van der Waals surface area contributed by atoms with Crippen LogP contribution in [0.2, 0.25) is 0 Å². The van der Waals surface area contributed by atoms with Crippen LogP contribution >= 0.6 is 11.8 Å². The number of nitrogens with zero attached hydrogens (tertiary/aromatic N) is 1. The average Bonchev–Trinajstić information content (AvgIpc) is 3.18. The molecule has 0 bridgehead atoms. The first-order valence-electron chi connectivity index (χ1n) is 12.4. The minimum absolute atomic E-state index is 0.0585. The molecule has 0 amide bonds. The maximum absolute atomic E-state index is 11.7. The van der Waals surface area contributed by atoms with E-state index < -0.39 is 29.7 Å². The molecule has 1 saturated carbocycles. The van der Waals surface area contributed by atoms with Crippen LogP contribution in [0.3, 0.4) is 0 Å². The molecular formula is C26H38N2O6S. The highest BCUT2D eigenvalue weighted by Gasteiger charge is 2.50. The molecule has 9 heteroatoms. The summed E-state index contributed by atoms with van der Waals surface area (Å²) in [6.07, 6.45) is 0.655.